The summed E-state index contributed by atoms with van der Waals surface area (Å²) < 4.78 is 79.9. The fraction of sp³-hybridized carbons (Fsp3) is 0.462. The van der Waals surface area contributed by atoms with E-state index in [0.29, 0.717) is 6.07 Å². The Hall–Kier alpha value is -1.88. The second-order valence-corrected chi connectivity index (χ2v) is 7.04. The minimum absolute atomic E-state index is 0.0366. The van der Waals surface area contributed by atoms with Gasteiger partial charge >= 0.3 is 12.3 Å². The molecule has 1 saturated heterocycles. The first kappa shape index (κ1) is 18.5. The van der Waals surface area contributed by atoms with E-state index in [2.05, 4.69) is 4.74 Å². The molecular formula is C13H13F4NO5S. The van der Waals surface area contributed by atoms with Gasteiger partial charge in [0, 0.05) is 13.1 Å². The van der Waals surface area contributed by atoms with Crippen molar-refractivity contribution in [3.05, 3.63) is 24.0 Å². The molecule has 6 nitrogen and oxygen atoms in total. The number of piperidine rings is 1. The van der Waals surface area contributed by atoms with Crippen LogP contribution in [0.15, 0.2) is 23.1 Å². The van der Waals surface area contributed by atoms with Gasteiger partial charge in [0.15, 0.2) is 11.6 Å². The van der Waals surface area contributed by atoms with Gasteiger partial charge in [-0.2, -0.15) is 4.31 Å². The summed E-state index contributed by atoms with van der Waals surface area (Å²) in [5.41, 5.74) is 0. The highest BCUT2D eigenvalue weighted by Crippen LogP contribution is 2.32. The van der Waals surface area contributed by atoms with E-state index in [1.54, 1.807) is 0 Å². The molecule has 0 aromatic heterocycles. The highest BCUT2D eigenvalue weighted by molar-refractivity contribution is 7.89. The summed E-state index contributed by atoms with van der Waals surface area (Å²) in [6.45, 7) is -0.327. The van der Waals surface area contributed by atoms with Gasteiger partial charge in [0.25, 0.3) is 0 Å². The van der Waals surface area contributed by atoms with Crippen LogP contribution in [0.2, 0.25) is 0 Å². The molecule has 1 aliphatic rings. The molecule has 1 heterocycles. The van der Waals surface area contributed by atoms with Crippen molar-refractivity contribution in [1.29, 1.82) is 0 Å². The van der Waals surface area contributed by atoms with Crippen molar-refractivity contribution < 1.29 is 40.6 Å². The topological polar surface area (TPSA) is 83.9 Å². The van der Waals surface area contributed by atoms with Crippen LogP contribution in [0, 0.1) is 11.7 Å². The predicted molar refractivity (Wildman–Crippen MR) is 72.2 cm³/mol. The Bertz CT molecular complexity index is 726. The number of alkyl halides is 3. The quantitative estimate of drug-likeness (QED) is 0.821. The molecule has 0 unspecified atom stereocenters. The van der Waals surface area contributed by atoms with Crippen LogP contribution in [0.3, 0.4) is 0 Å². The number of halogens is 4. The predicted octanol–water partition coefficient (Wildman–Crippen LogP) is 2.21. The maximum absolute atomic E-state index is 14.1. The third kappa shape index (κ3) is 3.96. The second-order valence-electron chi connectivity index (χ2n) is 5.13. The van der Waals surface area contributed by atoms with Crippen LogP contribution in [-0.2, 0) is 14.8 Å². The van der Waals surface area contributed by atoms with E-state index in [9.17, 15) is 30.8 Å². The van der Waals surface area contributed by atoms with E-state index in [0.717, 1.165) is 16.4 Å². The molecule has 1 fully saturated rings. The number of rotatable bonds is 4. The first-order valence-electron chi connectivity index (χ1n) is 6.79. The van der Waals surface area contributed by atoms with E-state index in [-0.39, 0.29) is 25.9 Å². The SMILES string of the molecule is O=C(O)C1CCN(S(=O)(=O)c2cccc(OC(F)(F)F)c2F)CC1. The standard InChI is InChI=1S/C13H13F4NO5S/c14-11-9(23-13(15,16)17)2-1-3-10(11)24(21,22)18-6-4-8(5-7-18)12(19)20/h1-3,8H,4-7H2,(H,19,20). The normalized spacial score (nSPS) is 17.7. The molecule has 0 radical (unpaired) electrons. The smallest absolute Gasteiger partial charge is 0.481 e. The van der Waals surface area contributed by atoms with Crippen LogP contribution < -0.4 is 4.74 Å². The van der Waals surface area contributed by atoms with Crippen molar-refractivity contribution in [2.75, 3.05) is 13.1 Å². The highest BCUT2D eigenvalue weighted by Gasteiger charge is 2.37. The third-order valence-electron chi connectivity index (χ3n) is 3.57. The molecule has 0 saturated carbocycles. The van der Waals surface area contributed by atoms with Crippen LogP contribution >= 0.6 is 0 Å². The van der Waals surface area contributed by atoms with Gasteiger partial charge in [0.2, 0.25) is 10.0 Å². The molecule has 1 aromatic carbocycles. The molecule has 0 atom stereocenters. The Balaban J connectivity index is 2.27. The molecule has 1 N–H and O–H groups in total. The lowest BCUT2D eigenvalue weighted by molar-refractivity contribution is -0.275. The van der Waals surface area contributed by atoms with E-state index >= 15 is 0 Å². The zero-order valence-corrected chi connectivity index (χ0v) is 12.9. The highest BCUT2D eigenvalue weighted by atomic mass is 32.2. The lowest BCUT2D eigenvalue weighted by Crippen LogP contribution is -2.40. The Morgan fingerprint density at radius 3 is 2.33 bits per heavy atom. The summed E-state index contributed by atoms with van der Waals surface area (Å²) in [7, 11) is -4.40. The summed E-state index contributed by atoms with van der Waals surface area (Å²) in [4.78, 5) is 9.92. The van der Waals surface area contributed by atoms with Gasteiger partial charge < -0.3 is 9.84 Å². The number of carbonyl (C=O) groups is 1. The summed E-state index contributed by atoms with van der Waals surface area (Å²) in [6, 6.07) is 2.43. The molecule has 0 aliphatic carbocycles. The van der Waals surface area contributed by atoms with Crippen molar-refractivity contribution in [2.24, 2.45) is 5.92 Å². The van der Waals surface area contributed by atoms with Crippen LogP contribution in [0.5, 0.6) is 5.75 Å². The van der Waals surface area contributed by atoms with E-state index in [1.165, 1.54) is 0 Å². The number of aliphatic carboxylic acids is 1. The number of carboxylic acids is 1. The number of hydrogen-bond acceptors (Lipinski definition) is 4. The van der Waals surface area contributed by atoms with Gasteiger partial charge in [0.05, 0.1) is 5.92 Å². The molecule has 1 aromatic rings. The minimum atomic E-state index is -5.16. The number of sulfonamides is 1. The number of nitrogens with zero attached hydrogens (tertiary/aromatic N) is 1. The Kier molecular flexibility index (Phi) is 5.04. The molecule has 0 spiro atoms. The largest absolute Gasteiger partial charge is 0.573 e. The second kappa shape index (κ2) is 6.55. The molecule has 134 valence electrons. The maximum Gasteiger partial charge on any atom is 0.573 e. The molecular weight excluding hydrogens is 358 g/mol. The monoisotopic (exact) mass is 371 g/mol. The first-order valence-corrected chi connectivity index (χ1v) is 8.23. The fourth-order valence-corrected chi connectivity index (χ4v) is 3.92. The molecule has 1 aliphatic heterocycles. The zero-order valence-electron chi connectivity index (χ0n) is 12.1. The van der Waals surface area contributed by atoms with Crippen LogP contribution in [-0.4, -0.2) is 43.3 Å². The molecule has 0 bridgehead atoms. The van der Waals surface area contributed by atoms with Gasteiger partial charge in [-0.1, -0.05) is 6.07 Å². The summed E-state index contributed by atoms with van der Waals surface area (Å²) in [6.07, 6.45) is -5.09. The summed E-state index contributed by atoms with van der Waals surface area (Å²) >= 11 is 0. The lowest BCUT2D eigenvalue weighted by Gasteiger charge is -2.29. The van der Waals surface area contributed by atoms with Crippen LogP contribution in [0.1, 0.15) is 12.8 Å². The summed E-state index contributed by atoms with van der Waals surface area (Å²) in [5, 5.41) is 8.88. The van der Waals surface area contributed by atoms with Gasteiger partial charge in [-0.3, -0.25) is 4.79 Å². The van der Waals surface area contributed by atoms with Crippen molar-refractivity contribution in [2.45, 2.75) is 24.1 Å². The molecule has 24 heavy (non-hydrogen) atoms. The minimum Gasteiger partial charge on any atom is -0.481 e. The van der Waals surface area contributed by atoms with Gasteiger partial charge in [0.1, 0.15) is 4.90 Å². The Labute approximate surface area is 134 Å². The first-order chi connectivity index (χ1) is 11.0. The number of hydrogen-bond donors (Lipinski definition) is 1. The Morgan fingerprint density at radius 1 is 1.25 bits per heavy atom. The van der Waals surface area contributed by atoms with Gasteiger partial charge in [-0.05, 0) is 25.0 Å². The van der Waals surface area contributed by atoms with Gasteiger partial charge in [-0.25, -0.2) is 12.8 Å². The van der Waals surface area contributed by atoms with Crippen LogP contribution in [0.25, 0.3) is 0 Å². The maximum atomic E-state index is 14.1. The molecule has 11 heteroatoms. The third-order valence-corrected chi connectivity index (χ3v) is 5.49. The number of carboxylic acid groups (broad SMARTS) is 1. The van der Waals surface area contributed by atoms with Crippen molar-refractivity contribution in [3.8, 4) is 5.75 Å². The molecule has 2 rings (SSSR count). The zero-order chi connectivity index (χ0) is 18.1. The average molecular weight is 371 g/mol. The Morgan fingerprint density at radius 2 is 1.83 bits per heavy atom. The van der Waals surface area contributed by atoms with E-state index < -0.39 is 44.7 Å². The van der Waals surface area contributed by atoms with Crippen LogP contribution in [0.4, 0.5) is 17.6 Å². The lowest BCUT2D eigenvalue weighted by atomic mass is 9.99. The number of ether oxygens (including phenoxy) is 1. The summed E-state index contributed by atoms with van der Waals surface area (Å²) in [5.74, 6) is -4.65. The van der Waals surface area contributed by atoms with Crippen molar-refractivity contribution in [1.82, 2.24) is 4.31 Å². The van der Waals surface area contributed by atoms with Crippen molar-refractivity contribution >= 4 is 16.0 Å². The fourth-order valence-electron chi connectivity index (χ4n) is 2.38. The average Bonchev–Trinajstić information content (AvgIpc) is 2.48. The van der Waals surface area contributed by atoms with Crippen molar-refractivity contribution in [3.63, 3.8) is 0 Å². The van der Waals surface area contributed by atoms with Gasteiger partial charge in [-0.15, -0.1) is 13.2 Å². The van der Waals surface area contributed by atoms with E-state index in [4.69, 9.17) is 5.11 Å². The molecule has 0 amide bonds. The number of benzene rings is 1. The van der Waals surface area contributed by atoms with E-state index in [1.807, 2.05) is 0 Å².